The topological polar surface area (TPSA) is 78.7 Å². The fourth-order valence-corrected chi connectivity index (χ4v) is 3.32. The van der Waals surface area contributed by atoms with E-state index in [2.05, 4.69) is 21.4 Å². The number of aromatic nitrogens is 2. The number of hydrogen-bond donors (Lipinski definition) is 1. The van der Waals surface area contributed by atoms with Crippen LogP contribution >= 0.6 is 11.8 Å². The number of thioether (sulfide) groups is 1. The van der Waals surface area contributed by atoms with E-state index < -0.39 is 0 Å². The van der Waals surface area contributed by atoms with Gasteiger partial charge in [0.05, 0.1) is 11.3 Å². The minimum absolute atomic E-state index is 0.116. The number of nitrogens with one attached hydrogen (secondary N) is 1. The highest BCUT2D eigenvalue weighted by Gasteiger charge is 2.10. The molecule has 0 fully saturated rings. The smallest absolute Gasteiger partial charge is 0.226 e. The molecule has 0 aliphatic heterocycles. The van der Waals surface area contributed by atoms with Crippen LogP contribution in [0, 0.1) is 18.3 Å². The first-order valence-electron chi connectivity index (χ1n) is 8.47. The Kier molecular flexibility index (Phi) is 6.18. The van der Waals surface area contributed by atoms with Crippen LogP contribution in [0.4, 0.5) is 5.82 Å². The van der Waals surface area contributed by atoms with E-state index in [1.54, 1.807) is 24.4 Å². The first-order valence-corrected chi connectivity index (χ1v) is 9.46. The van der Waals surface area contributed by atoms with Crippen molar-refractivity contribution in [1.82, 2.24) is 9.97 Å². The number of pyridine rings is 2. The minimum atomic E-state index is -0.116. The van der Waals surface area contributed by atoms with Crippen LogP contribution in [0.15, 0.2) is 65.8 Å². The molecule has 1 aromatic carbocycles. The standard InChI is InChI=1S/C21H18N4OS/c1-15-5-7-16(8-6-15)18-10-9-17(14-22)21(24-18)27-13-11-20(26)25-19-4-2-3-12-23-19/h2-10,12H,11,13H2,1H3,(H,23,25,26). The molecular formula is C21H18N4OS. The van der Waals surface area contributed by atoms with Gasteiger partial charge in [0.2, 0.25) is 5.91 Å². The lowest BCUT2D eigenvalue weighted by Gasteiger charge is -2.07. The first-order chi connectivity index (χ1) is 13.2. The van der Waals surface area contributed by atoms with E-state index >= 15 is 0 Å². The minimum Gasteiger partial charge on any atom is -0.311 e. The average molecular weight is 374 g/mol. The molecule has 134 valence electrons. The molecule has 2 aromatic heterocycles. The molecule has 3 rings (SSSR count). The Morgan fingerprint density at radius 2 is 1.96 bits per heavy atom. The Hall–Kier alpha value is -3.17. The van der Waals surface area contributed by atoms with E-state index in [0.717, 1.165) is 11.3 Å². The molecule has 0 aliphatic carbocycles. The molecule has 27 heavy (non-hydrogen) atoms. The van der Waals surface area contributed by atoms with E-state index in [-0.39, 0.29) is 5.91 Å². The molecule has 0 atom stereocenters. The highest BCUT2D eigenvalue weighted by Crippen LogP contribution is 2.26. The second kappa shape index (κ2) is 8.97. The molecule has 0 saturated heterocycles. The monoisotopic (exact) mass is 374 g/mol. The van der Waals surface area contributed by atoms with Crippen LogP contribution in [0.25, 0.3) is 11.3 Å². The van der Waals surface area contributed by atoms with Gasteiger partial charge < -0.3 is 5.32 Å². The van der Waals surface area contributed by atoms with Crippen LogP contribution in [0.3, 0.4) is 0 Å². The second-order valence-electron chi connectivity index (χ2n) is 5.89. The number of anilines is 1. The summed E-state index contributed by atoms with van der Waals surface area (Å²) in [6.45, 7) is 2.03. The SMILES string of the molecule is Cc1ccc(-c2ccc(C#N)c(SCCC(=O)Nc3ccccn3)n2)cc1. The number of benzene rings is 1. The van der Waals surface area contributed by atoms with Crippen LogP contribution < -0.4 is 5.32 Å². The lowest BCUT2D eigenvalue weighted by molar-refractivity contribution is -0.115. The molecular weight excluding hydrogens is 356 g/mol. The van der Waals surface area contributed by atoms with E-state index in [1.807, 2.05) is 43.3 Å². The van der Waals surface area contributed by atoms with Crippen molar-refractivity contribution < 1.29 is 4.79 Å². The number of amides is 1. The van der Waals surface area contributed by atoms with Gasteiger partial charge in [-0.1, -0.05) is 35.9 Å². The first kappa shape index (κ1) is 18.6. The van der Waals surface area contributed by atoms with Crippen LogP contribution in [0.2, 0.25) is 0 Å². The van der Waals surface area contributed by atoms with Crippen molar-refractivity contribution in [2.75, 3.05) is 11.1 Å². The van der Waals surface area contributed by atoms with Gasteiger partial charge in [-0.2, -0.15) is 5.26 Å². The van der Waals surface area contributed by atoms with Crippen molar-refractivity contribution in [2.24, 2.45) is 0 Å². The number of aryl methyl sites for hydroxylation is 1. The van der Waals surface area contributed by atoms with E-state index in [4.69, 9.17) is 0 Å². The average Bonchev–Trinajstić information content (AvgIpc) is 2.69. The Balaban J connectivity index is 1.65. The predicted octanol–water partition coefficient (Wildman–Crippen LogP) is 4.44. The van der Waals surface area contributed by atoms with Crippen LogP contribution in [0.5, 0.6) is 0 Å². The molecule has 0 bridgehead atoms. The molecule has 3 aromatic rings. The summed E-state index contributed by atoms with van der Waals surface area (Å²) in [7, 11) is 0. The summed E-state index contributed by atoms with van der Waals surface area (Å²) < 4.78 is 0. The summed E-state index contributed by atoms with van der Waals surface area (Å²) in [5.41, 5.74) is 3.51. The Labute approximate surface area is 162 Å². The maximum Gasteiger partial charge on any atom is 0.226 e. The van der Waals surface area contributed by atoms with Gasteiger partial charge in [0.1, 0.15) is 16.9 Å². The number of rotatable bonds is 6. The van der Waals surface area contributed by atoms with Gasteiger partial charge in [-0.3, -0.25) is 4.79 Å². The zero-order valence-corrected chi connectivity index (χ0v) is 15.7. The Bertz CT molecular complexity index is 966. The van der Waals surface area contributed by atoms with E-state index in [0.29, 0.717) is 28.6 Å². The van der Waals surface area contributed by atoms with Crippen LogP contribution in [0.1, 0.15) is 17.5 Å². The maximum atomic E-state index is 12.0. The normalized spacial score (nSPS) is 10.2. The van der Waals surface area contributed by atoms with Gasteiger partial charge in [0, 0.05) is 23.9 Å². The molecule has 0 spiro atoms. The molecule has 2 heterocycles. The van der Waals surface area contributed by atoms with Crippen LogP contribution in [-0.4, -0.2) is 21.6 Å². The summed E-state index contributed by atoms with van der Waals surface area (Å²) in [4.78, 5) is 20.7. The molecule has 1 N–H and O–H groups in total. The fraction of sp³-hybridized carbons (Fsp3) is 0.143. The maximum absolute atomic E-state index is 12.0. The van der Waals surface area contributed by atoms with E-state index in [1.165, 1.54) is 17.3 Å². The number of nitriles is 1. The Morgan fingerprint density at radius 3 is 2.67 bits per heavy atom. The third-order valence-corrected chi connectivity index (χ3v) is 4.82. The molecule has 0 aliphatic rings. The number of carbonyl (C=O) groups excluding carboxylic acids is 1. The lowest BCUT2D eigenvalue weighted by Crippen LogP contribution is -2.13. The molecule has 0 unspecified atom stereocenters. The highest BCUT2D eigenvalue weighted by atomic mass is 32.2. The van der Waals surface area contributed by atoms with Gasteiger partial charge in [-0.25, -0.2) is 9.97 Å². The summed E-state index contributed by atoms with van der Waals surface area (Å²) in [5, 5.41) is 12.7. The van der Waals surface area contributed by atoms with E-state index in [9.17, 15) is 10.1 Å². The second-order valence-corrected chi connectivity index (χ2v) is 6.97. The van der Waals surface area contributed by atoms with Crippen molar-refractivity contribution in [3.05, 3.63) is 71.9 Å². The summed E-state index contributed by atoms with van der Waals surface area (Å²) in [6, 6.07) is 19.2. The number of hydrogen-bond acceptors (Lipinski definition) is 5. The van der Waals surface area contributed by atoms with Crippen molar-refractivity contribution in [3.8, 4) is 17.3 Å². The quantitative estimate of drug-likeness (QED) is 0.645. The van der Waals surface area contributed by atoms with Crippen LogP contribution in [-0.2, 0) is 4.79 Å². The fourth-order valence-electron chi connectivity index (χ4n) is 2.40. The zero-order valence-electron chi connectivity index (χ0n) is 14.8. The van der Waals surface area contributed by atoms with Crippen molar-refractivity contribution in [1.29, 1.82) is 5.26 Å². The van der Waals surface area contributed by atoms with Gasteiger partial charge >= 0.3 is 0 Å². The third-order valence-electron chi connectivity index (χ3n) is 3.83. The van der Waals surface area contributed by atoms with Crippen molar-refractivity contribution in [3.63, 3.8) is 0 Å². The van der Waals surface area contributed by atoms with Gasteiger partial charge in [0.15, 0.2) is 0 Å². The lowest BCUT2D eigenvalue weighted by atomic mass is 10.1. The zero-order chi connectivity index (χ0) is 19.1. The van der Waals surface area contributed by atoms with Gasteiger partial charge in [-0.05, 0) is 31.2 Å². The van der Waals surface area contributed by atoms with Crippen molar-refractivity contribution >= 4 is 23.5 Å². The molecule has 0 radical (unpaired) electrons. The van der Waals surface area contributed by atoms with Gasteiger partial charge in [-0.15, -0.1) is 11.8 Å². The summed E-state index contributed by atoms with van der Waals surface area (Å²) in [6.07, 6.45) is 1.94. The summed E-state index contributed by atoms with van der Waals surface area (Å²) in [5.74, 6) is 0.941. The molecule has 0 saturated carbocycles. The Morgan fingerprint density at radius 1 is 1.15 bits per heavy atom. The van der Waals surface area contributed by atoms with Crippen molar-refractivity contribution in [2.45, 2.75) is 18.4 Å². The number of nitrogens with zero attached hydrogens (tertiary/aromatic N) is 3. The highest BCUT2D eigenvalue weighted by molar-refractivity contribution is 7.99. The molecule has 1 amide bonds. The number of carbonyl (C=O) groups is 1. The van der Waals surface area contributed by atoms with Gasteiger partial charge in [0.25, 0.3) is 0 Å². The molecule has 5 nitrogen and oxygen atoms in total. The molecule has 6 heteroatoms. The third kappa shape index (κ3) is 5.16. The summed E-state index contributed by atoms with van der Waals surface area (Å²) >= 11 is 1.41. The largest absolute Gasteiger partial charge is 0.311 e. The predicted molar refractivity (Wildman–Crippen MR) is 107 cm³/mol.